The van der Waals surface area contributed by atoms with Crippen molar-refractivity contribution in [3.63, 3.8) is 0 Å². The number of aryl methyl sites for hydroxylation is 2. The van der Waals surface area contributed by atoms with Crippen LogP contribution in [0.1, 0.15) is 97.6 Å². The highest BCUT2D eigenvalue weighted by Gasteiger charge is 2.12. The SMILES string of the molecule is CC(C)(C)CCCCCc1cc(O)c(O)cc1CCCCC(C)(C)C. The van der Waals surface area contributed by atoms with Crippen LogP contribution in [0.2, 0.25) is 0 Å². The molecular weight excluding hydrogens is 308 g/mol. The Hall–Kier alpha value is -1.18. The molecule has 2 nitrogen and oxygen atoms in total. The van der Waals surface area contributed by atoms with Crippen molar-refractivity contribution in [2.75, 3.05) is 0 Å². The first-order chi connectivity index (χ1) is 11.5. The number of phenols is 2. The van der Waals surface area contributed by atoms with Gasteiger partial charge in [-0.1, -0.05) is 60.8 Å². The lowest BCUT2D eigenvalue weighted by atomic mass is 9.88. The third kappa shape index (κ3) is 9.77. The number of hydrogen-bond acceptors (Lipinski definition) is 2. The summed E-state index contributed by atoms with van der Waals surface area (Å²) in [7, 11) is 0. The van der Waals surface area contributed by atoms with Gasteiger partial charge >= 0.3 is 0 Å². The summed E-state index contributed by atoms with van der Waals surface area (Å²) in [6.45, 7) is 13.7. The molecule has 0 spiro atoms. The molecule has 0 bridgehead atoms. The van der Waals surface area contributed by atoms with Crippen LogP contribution in [-0.4, -0.2) is 10.2 Å². The van der Waals surface area contributed by atoms with E-state index in [1.807, 2.05) is 0 Å². The van der Waals surface area contributed by atoms with Crippen LogP contribution < -0.4 is 0 Å². The van der Waals surface area contributed by atoms with Gasteiger partial charge in [-0.25, -0.2) is 0 Å². The largest absolute Gasteiger partial charge is 0.504 e. The van der Waals surface area contributed by atoms with Gasteiger partial charge in [0, 0.05) is 0 Å². The second-order valence-corrected chi connectivity index (χ2v) is 10.00. The summed E-state index contributed by atoms with van der Waals surface area (Å²) in [6, 6.07) is 3.55. The first-order valence-corrected chi connectivity index (χ1v) is 10.0. The molecule has 0 aliphatic carbocycles. The lowest BCUT2D eigenvalue weighted by molar-refractivity contribution is 0.358. The highest BCUT2D eigenvalue weighted by Crippen LogP contribution is 2.31. The van der Waals surface area contributed by atoms with Crippen LogP contribution in [0.3, 0.4) is 0 Å². The zero-order chi connectivity index (χ0) is 19.1. The number of aromatic hydroxyl groups is 2. The lowest BCUT2D eigenvalue weighted by Crippen LogP contribution is -2.05. The molecule has 0 saturated carbocycles. The van der Waals surface area contributed by atoms with Crippen LogP contribution in [0.4, 0.5) is 0 Å². The summed E-state index contributed by atoms with van der Waals surface area (Å²) in [5.74, 6) is 0.0328. The quantitative estimate of drug-likeness (QED) is 0.372. The maximum atomic E-state index is 9.86. The van der Waals surface area contributed by atoms with Gasteiger partial charge in [0.05, 0.1) is 0 Å². The van der Waals surface area contributed by atoms with Crippen LogP contribution in [0.5, 0.6) is 11.5 Å². The van der Waals surface area contributed by atoms with Crippen molar-refractivity contribution in [2.45, 2.75) is 99.3 Å². The molecule has 0 unspecified atom stereocenters. The average Bonchev–Trinajstić information content (AvgIpc) is 2.45. The highest BCUT2D eigenvalue weighted by atomic mass is 16.3. The van der Waals surface area contributed by atoms with Gasteiger partial charge in [0.25, 0.3) is 0 Å². The summed E-state index contributed by atoms with van der Waals surface area (Å²) in [5, 5.41) is 19.7. The van der Waals surface area contributed by atoms with Crippen molar-refractivity contribution < 1.29 is 10.2 Å². The Bertz CT molecular complexity index is 518. The summed E-state index contributed by atoms with van der Waals surface area (Å²) in [4.78, 5) is 0. The van der Waals surface area contributed by atoms with Crippen molar-refractivity contribution in [3.8, 4) is 11.5 Å². The maximum absolute atomic E-state index is 9.86. The predicted molar refractivity (Wildman–Crippen MR) is 108 cm³/mol. The number of phenolic OH excluding ortho intramolecular Hbond substituents is 2. The van der Waals surface area contributed by atoms with E-state index >= 15 is 0 Å². The van der Waals surface area contributed by atoms with E-state index in [9.17, 15) is 10.2 Å². The van der Waals surface area contributed by atoms with Crippen LogP contribution in [-0.2, 0) is 12.8 Å². The lowest BCUT2D eigenvalue weighted by Gasteiger charge is -2.18. The molecule has 1 aromatic carbocycles. The minimum atomic E-state index is 0.0160. The van der Waals surface area contributed by atoms with E-state index in [1.165, 1.54) is 43.2 Å². The van der Waals surface area contributed by atoms with Gasteiger partial charge in [-0.2, -0.15) is 0 Å². The average molecular weight is 349 g/mol. The van der Waals surface area contributed by atoms with E-state index in [1.54, 1.807) is 12.1 Å². The number of hydrogen-bond donors (Lipinski definition) is 2. The van der Waals surface area contributed by atoms with E-state index in [-0.39, 0.29) is 11.5 Å². The number of unbranched alkanes of at least 4 members (excludes halogenated alkanes) is 3. The van der Waals surface area contributed by atoms with Crippen molar-refractivity contribution >= 4 is 0 Å². The Morgan fingerprint density at radius 2 is 0.960 bits per heavy atom. The van der Waals surface area contributed by atoms with Crippen molar-refractivity contribution in [1.82, 2.24) is 0 Å². The third-order valence-corrected chi connectivity index (χ3v) is 4.79. The number of rotatable bonds is 9. The molecule has 0 aromatic heterocycles. The number of benzene rings is 1. The van der Waals surface area contributed by atoms with E-state index < -0.39 is 0 Å². The molecule has 0 saturated heterocycles. The van der Waals surface area contributed by atoms with Crippen molar-refractivity contribution in [3.05, 3.63) is 23.3 Å². The molecule has 0 atom stereocenters. The van der Waals surface area contributed by atoms with Gasteiger partial charge in [0.2, 0.25) is 0 Å². The molecule has 0 amide bonds. The van der Waals surface area contributed by atoms with E-state index in [2.05, 4.69) is 41.5 Å². The fourth-order valence-electron chi connectivity index (χ4n) is 3.25. The fraction of sp³-hybridized carbons (Fsp3) is 0.739. The standard InChI is InChI=1S/C23H40O2/c1-22(2,3)14-10-7-8-12-18-16-20(24)21(25)17-19(18)13-9-11-15-23(4,5)6/h16-17,24-25H,7-15H2,1-6H3. The Labute approximate surface area is 155 Å². The summed E-state index contributed by atoms with van der Waals surface area (Å²) >= 11 is 0. The van der Waals surface area contributed by atoms with Crippen LogP contribution in [0, 0.1) is 10.8 Å². The Balaban J connectivity index is 2.54. The molecule has 2 heteroatoms. The van der Waals surface area contributed by atoms with Crippen LogP contribution in [0.25, 0.3) is 0 Å². The first kappa shape index (κ1) is 21.9. The van der Waals surface area contributed by atoms with E-state index in [0.29, 0.717) is 10.8 Å². The fourth-order valence-corrected chi connectivity index (χ4v) is 3.25. The first-order valence-electron chi connectivity index (χ1n) is 10.0. The van der Waals surface area contributed by atoms with E-state index in [4.69, 9.17) is 0 Å². The summed E-state index contributed by atoms with van der Waals surface area (Å²) < 4.78 is 0. The van der Waals surface area contributed by atoms with Crippen molar-refractivity contribution in [1.29, 1.82) is 0 Å². The van der Waals surface area contributed by atoms with Gasteiger partial charge < -0.3 is 10.2 Å². The smallest absolute Gasteiger partial charge is 0.157 e. The molecule has 1 aromatic rings. The summed E-state index contributed by atoms with van der Waals surface area (Å²) in [6.07, 6.45) is 10.4. The normalized spacial score (nSPS) is 12.6. The molecule has 0 heterocycles. The van der Waals surface area contributed by atoms with Gasteiger partial charge in [0.1, 0.15) is 0 Å². The third-order valence-electron chi connectivity index (χ3n) is 4.79. The maximum Gasteiger partial charge on any atom is 0.157 e. The Morgan fingerprint density at radius 1 is 0.600 bits per heavy atom. The second-order valence-electron chi connectivity index (χ2n) is 10.00. The molecule has 25 heavy (non-hydrogen) atoms. The predicted octanol–water partition coefficient (Wildman–Crippen LogP) is 7.01. The van der Waals surface area contributed by atoms with Gasteiger partial charge in [-0.15, -0.1) is 0 Å². The minimum absolute atomic E-state index is 0.0160. The molecule has 2 N–H and O–H groups in total. The zero-order valence-corrected chi connectivity index (χ0v) is 17.4. The zero-order valence-electron chi connectivity index (χ0n) is 17.4. The van der Waals surface area contributed by atoms with Gasteiger partial charge in [-0.3, -0.25) is 0 Å². The van der Waals surface area contributed by atoms with Gasteiger partial charge in [-0.05, 0) is 72.6 Å². The summed E-state index contributed by atoms with van der Waals surface area (Å²) in [5.41, 5.74) is 3.21. The topological polar surface area (TPSA) is 40.5 Å². The molecular formula is C23H40O2. The van der Waals surface area contributed by atoms with Gasteiger partial charge in [0.15, 0.2) is 11.5 Å². The molecule has 0 aliphatic heterocycles. The van der Waals surface area contributed by atoms with Crippen LogP contribution in [0.15, 0.2) is 12.1 Å². The minimum Gasteiger partial charge on any atom is -0.504 e. The molecule has 0 aliphatic rings. The molecule has 0 radical (unpaired) electrons. The Kier molecular flexibility index (Phi) is 8.31. The second kappa shape index (κ2) is 9.50. The molecule has 1 rings (SSSR count). The molecule has 0 fully saturated rings. The highest BCUT2D eigenvalue weighted by molar-refractivity contribution is 5.45. The Morgan fingerprint density at radius 3 is 1.36 bits per heavy atom. The molecule has 144 valence electrons. The van der Waals surface area contributed by atoms with Crippen LogP contribution >= 0.6 is 0 Å². The van der Waals surface area contributed by atoms with E-state index in [0.717, 1.165) is 25.7 Å². The monoisotopic (exact) mass is 348 g/mol. The van der Waals surface area contributed by atoms with Crippen molar-refractivity contribution in [2.24, 2.45) is 10.8 Å².